The first-order valence-corrected chi connectivity index (χ1v) is 8.16. The third-order valence-corrected chi connectivity index (χ3v) is 5.24. The molecule has 0 saturated heterocycles. The lowest BCUT2D eigenvalue weighted by molar-refractivity contribution is 0.595. The van der Waals surface area contributed by atoms with E-state index in [1.165, 1.54) is 18.2 Å². The van der Waals surface area contributed by atoms with Crippen molar-refractivity contribution in [1.82, 2.24) is 4.40 Å². The highest BCUT2D eigenvalue weighted by Gasteiger charge is 2.22. The Morgan fingerprint density at radius 2 is 1.95 bits per heavy atom. The Morgan fingerprint density at radius 3 is 2.71 bits per heavy atom. The number of hydrogen-bond acceptors (Lipinski definition) is 2. The maximum atomic E-state index is 13.2. The van der Waals surface area contributed by atoms with Crippen molar-refractivity contribution in [2.45, 2.75) is 17.6 Å². The monoisotopic (exact) mass is 303 g/mol. The number of halogens is 1. The molecule has 0 amide bonds. The summed E-state index contributed by atoms with van der Waals surface area (Å²) in [5.74, 6) is -0.638. The Kier molecular flexibility index (Phi) is 3.29. The first-order valence-electron chi connectivity index (χ1n) is 6.51. The van der Waals surface area contributed by atoms with Crippen molar-refractivity contribution in [3.63, 3.8) is 0 Å². The number of nitrogens with zero attached hydrogens (tertiary/aromatic N) is 1. The number of fused-ring (bicyclic) bond motifs is 1. The van der Waals surface area contributed by atoms with Crippen LogP contribution in [0.4, 0.5) is 4.39 Å². The molecule has 3 aromatic rings. The maximum absolute atomic E-state index is 13.2. The van der Waals surface area contributed by atoms with E-state index >= 15 is 0 Å². The quantitative estimate of drug-likeness (QED) is 0.744. The number of pyridine rings is 1. The summed E-state index contributed by atoms with van der Waals surface area (Å²) in [6, 6.07) is 11.1. The van der Waals surface area contributed by atoms with Crippen LogP contribution in [0.3, 0.4) is 0 Å². The van der Waals surface area contributed by atoms with E-state index in [2.05, 4.69) is 0 Å². The highest BCUT2D eigenvalue weighted by molar-refractivity contribution is 7.91. The Balaban J connectivity index is 2.10. The SMILES string of the molecule is Cc1cn2ccccc2c1S(=O)(=O)Cc1cccc(F)c1. The lowest BCUT2D eigenvalue weighted by atomic mass is 10.2. The highest BCUT2D eigenvalue weighted by atomic mass is 32.2. The number of benzene rings is 1. The fourth-order valence-electron chi connectivity index (χ4n) is 2.55. The zero-order chi connectivity index (χ0) is 15.0. The minimum Gasteiger partial charge on any atom is -0.322 e. The van der Waals surface area contributed by atoms with Crippen molar-refractivity contribution >= 4 is 15.4 Å². The van der Waals surface area contributed by atoms with Crippen LogP contribution in [-0.4, -0.2) is 12.8 Å². The Labute approximate surface area is 122 Å². The van der Waals surface area contributed by atoms with E-state index in [0.717, 1.165) is 0 Å². The summed E-state index contributed by atoms with van der Waals surface area (Å²) in [5, 5.41) is 0. The van der Waals surface area contributed by atoms with Crippen molar-refractivity contribution < 1.29 is 12.8 Å². The molecule has 0 aliphatic rings. The standard InChI is InChI=1S/C16H14FNO2S/c1-12-10-18-8-3-2-7-15(18)16(12)21(19,20)11-13-5-4-6-14(17)9-13/h2-10H,11H2,1H3. The van der Waals surface area contributed by atoms with Crippen LogP contribution in [0, 0.1) is 12.7 Å². The number of aromatic nitrogens is 1. The maximum Gasteiger partial charge on any atom is 0.184 e. The van der Waals surface area contributed by atoms with Gasteiger partial charge in [0.25, 0.3) is 0 Å². The van der Waals surface area contributed by atoms with Gasteiger partial charge in [-0.1, -0.05) is 18.2 Å². The van der Waals surface area contributed by atoms with Gasteiger partial charge in [-0.25, -0.2) is 12.8 Å². The first kappa shape index (κ1) is 13.8. The minimum atomic E-state index is -3.53. The normalized spacial score (nSPS) is 11.9. The number of rotatable bonds is 3. The molecule has 108 valence electrons. The van der Waals surface area contributed by atoms with Crippen LogP contribution in [0.25, 0.3) is 5.52 Å². The molecule has 0 saturated carbocycles. The Bertz CT molecular complexity index is 913. The zero-order valence-corrected chi connectivity index (χ0v) is 12.3. The molecule has 0 radical (unpaired) electrons. The molecule has 1 aromatic carbocycles. The highest BCUT2D eigenvalue weighted by Crippen LogP contribution is 2.26. The molecule has 0 N–H and O–H groups in total. The average molecular weight is 303 g/mol. The molecule has 0 unspecified atom stereocenters. The third-order valence-electron chi connectivity index (χ3n) is 3.37. The van der Waals surface area contributed by atoms with Gasteiger partial charge < -0.3 is 4.40 Å². The van der Waals surface area contributed by atoms with Crippen LogP contribution in [0.1, 0.15) is 11.1 Å². The van der Waals surface area contributed by atoms with Crippen LogP contribution in [0.15, 0.2) is 59.8 Å². The zero-order valence-electron chi connectivity index (χ0n) is 11.5. The summed E-state index contributed by atoms with van der Waals surface area (Å²) in [5.41, 5.74) is 1.79. The second kappa shape index (κ2) is 5.00. The second-order valence-corrected chi connectivity index (χ2v) is 6.95. The van der Waals surface area contributed by atoms with Gasteiger partial charge in [-0.2, -0.15) is 0 Å². The predicted molar refractivity (Wildman–Crippen MR) is 79.4 cm³/mol. The summed E-state index contributed by atoms with van der Waals surface area (Å²) in [6.07, 6.45) is 3.59. The molecular formula is C16H14FNO2S. The van der Waals surface area contributed by atoms with Crippen molar-refractivity contribution in [2.75, 3.05) is 0 Å². The molecule has 0 bridgehead atoms. The van der Waals surface area contributed by atoms with E-state index in [-0.39, 0.29) is 5.75 Å². The molecule has 2 heterocycles. The minimum absolute atomic E-state index is 0.208. The summed E-state index contributed by atoms with van der Waals surface area (Å²) >= 11 is 0. The van der Waals surface area contributed by atoms with Crippen LogP contribution in [0.2, 0.25) is 0 Å². The Morgan fingerprint density at radius 1 is 1.14 bits per heavy atom. The molecular weight excluding hydrogens is 289 g/mol. The van der Waals surface area contributed by atoms with Gasteiger partial charge in [-0.3, -0.25) is 0 Å². The molecule has 0 fully saturated rings. The molecule has 2 aromatic heterocycles. The van der Waals surface area contributed by atoms with E-state index in [1.807, 2.05) is 12.3 Å². The summed E-state index contributed by atoms with van der Waals surface area (Å²) in [6.45, 7) is 1.77. The van der Waals surface area contributed by atoms with Gasteiger partial charge in [0.15, 0.2) is 9.84 Å². The molecule has 0 aliphatic carbocycles. The molecule has 0 atom stereocenters. The van der Waals surface area contributed by atoms with Gasteiger partial charge >= 0.3 is 0 Å². The third kappa shape index (κ3) is 2.56. The fourth-order valence-corrected chi connectivity index (χ4v) is 4.35. The van der Waals surface area contributed by atoms with Crippen molar-refractivity contribution in [2.24, 2.45) is 0 Å². The molecule has 21 heavy (non-hydrogen) atoms. The number of hydrogen-bond donors (Lipinski definition) is 0. The molecule has 0 aliphatic heterocycles. The van der Waals surface area contributed by atoms with Crippen LogP contribution in [-0.2, 0) is 15.6 Å². The number of aryl methyl sites for hydroxylation is 1. The second-order valence-electron chi connectivity index (χ2n) is 5.02. The number of sulfone groups is 1. The summed E-state index contributed by atoms with van der Waals surface area (Å²) in [7, 11) is -3.53. The predicted octanol–water partition coefficient (Wildman–Crippen LogP) is 3.36. The van der Waals surface area contributed by atoms with E-state index in [4.69, 9.17) is 0 Å². The molecule has 5 heteroatoms. The van der Waals surface area contributed by atoms with Crippen LogP contribution in [0.5, 0.6) is 0 Å². The van der Waals surface area contributed by atoms with E-state index in [9.17, 15) is 12.8 Å². The van der Waals surface area contributed by atoms with Gasteiger partial charge in [0.1, 0.15) is 5.82 Å². The summed E-state index contributed by atoms with van der Waals surface area (Å²) < 4.78 is 40.3. The topological polar surface area (TPSA) is 38.5 Å². The molecule has 3 rings (SSSR count). The van der Waals surface area contributed by atoms with Gasteiger partial charge in [-0.15, -0.1) is 0 Å². The average Bonchev–Trinajstić information content (AvgIpc) is 2.74. The fraction of sp³-hybridized carbons (Fsp3) is 0.125. The van der Waals surface area contributed by atoms with E-state index < -0.39 is 15.7 Å². The smallest absolute Gasteiger partial charge is 0.184 e. The van der Waals surface area contributed by atoms with E-state index in [1.54, 1.807) is 35.7 Å². The lowest BCUT2D eigenvalue weighted by Gasteiger charge is -2.05. The Hall–Kier alpha value is -2.14. The molecule has 3 nitrogen and oxygen atoms in total. The van der Waals surface area contributed by atoms with Crippen LogP contribution >= 0.6 is 0 Å². The summed E-state index contributed by atoms with van der Waals surface area (Å²) in [4.78, 5) is 0.312. The van der Waals surface area contributed by atoms with Gasteiger partial charge in [-0.05, 0) is 42.3 Å². The molecule has 0 spiro atoms. The van der Waals surface area contributed by atoms with Crippen LogP contribution < -0.4 is 0 Å². The van der Waals surface area contributed by atoms with Crippen molar-refractivity contribution in [3.8, 4) is 0 Å². The van der Waals surface area contributed by atoms with Gasteiger partial charge in [0.2, 0.25) is 0 Å². The van der Waals surface area contributed by atoms with E-state index in [0.29, 0.717) is 21.5 Å². The van der Waals surface area contributed by atoms with Gasteiger partial charge in [0, 0.05) is 12.4 Å². The lowest BCUT2D eigenvalue weighted by Crippen LogP contribution is -2.06. The first-order chi connectivity index (χ1) is 9.97. The van der Waals surface area contributed by atoms with Crippen molar-refractivity contribution in [1.29, 1.82) is 0 Å². The van der Waals surface area contributed by atoms with Crippen molar-refractivity contribution in [3.05, 3.63) is 71.8 Å². The van der Waals surface area contributed by atoms with Gasteiger partial charge in [0.05, 0.1) is 16.2 Å². The largest absolute Gasteiger partial charge is 0.322 e.